The zero-order valence-electron chi connectivity index (χ0n) is 11.7. The first-order chi connectivity index (χ1) is 9.72. The molecular formula is C15H18N4O. The molecule has 0 aliphatic rings. The maximum Gasteiger partial charge on any atom is 0.201 e. The zero-order valence-corrected chi connectivity index (χ0v) is 11.7. The predicted octanol–water partition coefficient (Wildman–Crippen LogP) is 2.76. The molecule has 5 nitrogen and oxygen atoms in total. The van der Waals surface area contributed by atoms with E-state index in [1.54, 1.807) is 13.3 Å². The summed E-state index contributed by atoms with van der Waals surface area (Å²) in [7, 11) is 1.71. The van der Waals surface area contributed by atoms with E-state index in [1.807, 2.05) is 18.2 Å². The van der Waals surface area contributed by atoms with Crippen LogP contribution in [0.15, 0.2) is 30.5 Å². The van der Waals surface area contributed by atoms with Crippen LogP contribution in [0.25, 0.3) is 21.9 Å². The summed E-state index contributed by atoms with van der Waals surface area (Å²) in [5, 5.41) is 1.08. The standard InChI is InChI=1S/C15H18N4O/c1-10(7-8-20-2)19-14-11-5-3-4-6-12(11)17-9-13(14)18-15(19)16/h3-6,9-10H,7-8H2,1-2H3,(H2,16,18). The third kappa shape index (κ3) is 2.00. The number of pyridine rings is 1. The second-order valence-corrected chi connectivity index (χ2v) is 4.98. The molecule has 3 rings (SSSR count). The van der Waals surface area contributed by atoms with Crippen LogP contribution in [0.3, 0.4) is 0 Å². The Bertz CT molecular complexity index is 750. The Morgan fingerprint density at radius 1 is 1.30 bits per heavy atom. The van der Waals surface area contributed by atoms with E-state index in [0.717, 1.165) is 28.4 Å². The lowest BCUT2D eigenvalue weighted by Gasteiger charge is -2.16. The number of hydrogen-bond acceptors (Lipinski definition) is 4. The molecule has 0 fully saturated rings. The van der Waals surface area contributed by atoms with Gasteiger partial charge in [0.15, 0.2) is 0 Å². The SMILES string of the molecule is COCCC(C)n1c(N)nc2cnc3ccccc3c21. The topological polar surface area (TPSA) is 66.0 Å². The van der Waals surface area contributed by atoms with Crippen molar-refractivity contribution >= 4 is 27.9 Å². The number of aromatic nitrogens is 3. The Morgan fingerprint density at radius 3 is 2.90 bits per heavy atom. The summed E-state index contributed by atoms with van der Waals surface area (Å²) in [6.45, 7) is 2.83. The summed E-state index contributed by atoms with van der Waals surface area (Å²) < 4.78 is 7.24. The van der Waals surface area contributed by atoms with Crippen LogP contribution in [0.4, 0.5) is 5.95 Å². The van der Waals surface area contributed by atoms with Gasteiger partial charge in [0, 0.05) is 25.1 Å². The Hall–Kier alpha value is -2.14. The van der Waals surface area contributed by atoms with Gasteiger partial charge in [-0.2, -0.15) is 0 Å². The molecule has 0 aliphatic carbocycles. The van der Waals surface area contributed by atoms with Crippen molar-refractivity contribution in [3.63, 3.8) is 0 Å². The maximum absolute atomic E-state index is 6.10. The van der Waals surface area contributed by atoms with Crippen LogP contribution in [0.1, 0.15) is 19.4 Å². The minimum atomic E-state index is 0.228. The molecule has 0 amide bonds. The van der Waals surface area contributed by atoms with Crippen LogP contribution in [0, 0.1) is 0 Å². The van der Waals surface area contributed by atoms with E-state index in [-0.39, 0.29) is 6.04 Å². The fourth-order valence-corrected chi connectivity index (χ4v) is 2.61. The van der Waals surface area contributed by atoms with E-state index < -0.39 is 0 Å². The summed E-state index contributed by atoms with van der Waals surface area (Å²) in [4.78, 5) is 8.86. The highest BCUT2D eigenvalue weighted by Crippen LogP contribution is 2.29. The van der Waals surface area contributed by atoms with E-state index >= 15 is 0 Å². The van der Waals surface area contributed by atoms with Crippen LogP contribution in [-0.2, 0) is 4.74 Å². The summed E-state index contributed by atoms with van der Waals surface area (Å²) in [6.07, 6.45) is 2.68. The average Bonchev–Trinajstić information content (AvgIpc) is 2.81. The molecule has 1 unspecified atom stereocenters. The number of nitrogen functional groups attached to an aromatic ring is 1. The lowest BCUT2D eigenvalue weighted by atomic mass is 10.1. The molecule has 3 aromatic rings. The van der Waals surface area contributed by atoms with Gasteiger partial charge in [-0.1, -0.05) is 18.2 Å². The third-order valence-corrected chi connectivity index (χ3v) is 3.63. The highest BCUT2D eigenvalue weighted by molar-refractivity contribution is 6.03. The average molecular weight is 270 g/mol. The first kappa shape index (κ1) is 12.9. The summed E-state index contributed by atoms with van der Waals surface area (Å²) in [6, 6.07) is 8.29. The number of nitrogens with zero attached hydrogens (tertiary/aromatic N) is 3. The Kier molecular flexibility index (Phi) is 3.28. The monoisotopic (exact) mass is 270 g/mol. The number of fused-ring (bicyclic) bond motifs is 3. The number of rotatable bonds is 4. The van der Waals surface area contributed by atoms with E-state index in [9.17, 15) is 0 Å². The largest absolute Gasteiger partial charge is 0.385 e. The molecule has 0 aliphatic heterocycles. The summed E-state index contributed by atoms with van der Waals surface area (Å²) in [5.41, 5.74) is 8.95. The van der Waals surface area contributed by atoms with Crippen molar-refractivity contribution in [1.82, 2.24) is 14.5 Å². The first-order valence-electron chi connectivity index (χ1n) is 6.72. The molecule has 0 radical (unpaired) electrons. The molecule has 2 aromatic heterocycles. The molecule has 5 heteroatoms. The van der Waals surface area contributed by atoms with Crippen LogP contribution in [-0.4, -0.2) is 28.3 Å². The molecule has 2 N–H and O–H groups in total. The van der Waals surface area contributed by atoms with Crippen LogP contribution in [0.2, 0.25) is 0 Å². The number of methoxy groups -OCH3 is 1. The highest BCUT2D eigenvalue weighted by atomic mass is 16.5. The van der Waals surface area contributed by atoms with Gasteiger partial charge in [0.1, 0.15) is 5.52 Å². The lowest BCUT2D eigenvalue weighted by molar-refractivity contribution is 0.182. The van der Waals surface area contributed by atoms with Gasteiger partial charge in [-0.15, -0.1) is 0 Å². The van der Waals surface area contributed by atoms with E-state index in [0.29, 0.717) is 12.6 Å². The molecule has 1 aromatic carbocycles. The van der Waals surface area contributed by atoms with Crippen molar-refractivity contribution in [1.29, 1.82) is 0 Å². The van der Waals surface area contributed by atoms with Gasteiger partial charge in [-0.25, -0.2) is 4.98 Å². The van der Waals surface area contributed by atoms with Gasteiger partial charge in [-0.3, -0.25) is 4.98 Å². The maximum atomic E-state index is 6.10. The van der Waals surface area contributed by atoms with Gasteiger partial charge >= 0.3 is 0 Å². The van der Waals surface area contributed by atoms with Gasteiger partial charge in [0.25, 0.3) is 0 Å². The molecule has 0 spiro atoms. The predicted molar refractivity (Wildman–Crippen MR) is 80.7 cm³/mol. The minimum Gasteiger partial charge on any atom is -0.385 e. The van der Waals surface area contributed by atoms with Crippen LogP contribution >= 0.6 is 0 Å². The Morgan fingerprint density at radius 2 is 2.10 bits per heavy atom. The van der Waals surface area contributed by atoms with Crippen molar-refractivity contribution < 1.29 is 4.74 Å². The van der Waals surface area contributed by atoms with Crippen molar-refractivity contribution in [2.24, 2.45) is 0 Å². The van der Waals surface area contributed by atoms with Crippen molar-refractivity contribution in [2.45, 2.75) is 19.4 Å². The number of benzene rings is 1. The molecular weight excluding hydrogens is 252 g/mol. The first-order valence-corrected chi connectivity index (χ1v) is 6.72. The molecule has 0 saturated carbocycles. The highest BCUT2D eigenvalue weighted by Gasteiger charge is 2.16. The minimum absolute atomic E-state index is 0.228. The number of imidazole rings is 1. The molecule has 20 heavy (non-hydrogen) atoms. The van der Waals surface area contributed by atoms with E-state index in [1.165, 1.54) is 0 Å². The summed E-state index contributed by atoms with van der Waals surface area (Å²) >= 11 is 0. The number of para-hydroxylation sites is 1. The van der Waals surface area contributed by atoms with Crippen molar-refractivity contribution in [3.05, 3.63) is 30.5 Å². The fourth-order valence-electron chi connectivity index (χ4n) is 2.61. The molecule has 1 atom stereocenters. The van der Waals surface area contributed by atoms with Gasteiger partial charge in [-0.05, 0) is 19.4 Å². The molecule has 0 saturated heterocycles. The number of nitrogens with two attached hydrogens (primary N) is 1. The van der Waals surface area contributed by atoms with Gasteiger partial charge in [0.05, 0.1) is 17.2 Å². The van der Waals surface area contributed by atoms with Gasteiger partial charge < -0.3 is 15.0 Å². The second-order valence-electron chi connectivity index (χ2n) is 4.98. The molecule has 2 heterocycles. The lowest BCUT2D eigenvalue weighted by Crippen LogP contribution is -2.11. The normalized spacial score (nSPS) is 13.1. The zero-order chi connectivity index (χ0) is 14.1. The fraction of sp³-hybridized carbons (Fsp3) is 0.333. The third-order valence-electron chi connectivity index (χ3n) is 3.63. The van der Waals surface area contributed by atoms with Crippen molar-refractivity contribution in [2.75, 3.05) is 19.5 Å². The molecule has 0 bridgehead atoms. The summed E-state index contributed by atoms with van der Waals surface area (Å²) in [5.74, 6) is 0.529. The second kappa shape index (κ2) is 5.09. The smallest absolute Gasteiger partial charge is 0.201 e. The van der Waals surface area contributed by atoms with Crippen LogP contribution < -0.4 is 5.73 Å². The molecule has 104 valence electrons. The Labute approximate surface area is 117 Å². The van der Waals surface area contributed by atoms with E-state index in [2.05, 4.69) is 27.5 Å². The van der Waals surface area contributed by atoms with Crippen molar-refractivity contribution in [3.8, 4) is 0 Å². The number of ether oxygens (including phenoxy) is 1. The Balaban J connectivity index is 2.24. The number of anilines is 1. The number of hydrogen-bond donors (Lipinski definition) is 1. The van der Waals surface area contributed by atoms with E-state index in [4.69, 9.17) is 10.5 Å². The van der Waals surface area contributed by atoms with Crippen LogP contribution in [0.5, 0.6) is 0 Å². The van der Waals surface area contributed by atoms with Gasteiger partial charge in [0.2, 0.25) is 5.95 Å². The quantitative estimate of drug-likeness (QED) is 0.791.